The lowest BCUT2D eigenvalue weighted by Crippen LogP contribution is -2.37. The summed E-state index contributed by atoms with van der Waals surface area (Å²) in [6.45, 7) is 7.89. The summed E-state index contributed by atoms with van der Waals surface area (Å²) >= 11 is 1.67. The number of aromatic nitrogens is 1. The molecule has 1 aliphatic rings. The zero-order valence-electron chi connectivity index (χ0n) is 16.0. The van der Waals surface area contributed by atoms with E-state index in [2.05, 4.69) is 46.8 Å². The van der Waals surface area contributed by atoms with Gasteiger partial charge < -0.3 is 9.15 Å². The summed E-state index contributed by atoms with van der Waals surface area (Å²) in [6.07, 6.45) is 2.43. The maximum atomic E-state index is 6.04. The smallest absolute Gasteiger partial charge is 0.227 e. The number of likely N-dealkylation sites (tertiary alicyclic amines) is 1. The molecule has 0 unspecified atom stereocenters. The first-order valence-electron chi connectivity index (χ1n) is 9.58. The Morgan fingerprint density at radius 2 is 2.22 bits per heavy atom. The van der Waals surface area contributed by atoms with Crippen molar-refractivity contribution < 1.29 is 9.15 Å². The van der Waals surface area contributed by atoms with Crippen LogP contribution in [0.4, 0.5) is 0 Å². The molecule has 27 heavy (non-hydrogen) atoms. The second-order valence-corrected chi connectivity index (χ2v) is 8.18. The van der Waals surface area contributed by atoms with Crippen molar-refractivity contribution in [1.29, 1.82) is 0 Å². The molecule has 4 rings (SSSR count). The Balaban J connectivity index is 1.35. The molecule has 0 aliphatic carbocycles. The van der Waals surface area contributed by atoms with E-state index in [1.165, 1.54) is 18.4 Å². The molecule has 3 heterocycles. The number of benzene rings is 1. The van der Waals surface area contributed by atoms with Gasteiger partial charge in [-0.15, -0.1) is 0 Å². The van der Waals surface area contributed by atoms with Crippen molar-refractivity contribution in [1.82, 2.24) is 9.88 Å². The third-order valence-corrected chi connectivity index (χ3v) is 5.80. The van der Waals surface area contributed by atoms with E-state index in [-0.39, 0.29) is 0 Å². The molecule has 142 valence electrons. The van der Waals surface area contributed by atoms with Crippen LogP contribution in [0.25, 0.3) is 11.5 Å². The van der Waals surface area contributed by atoms with E-state index in [0.717, 1.165) is 54.9 Å². The summed E-state index contributed by atoms with van der Waals surface area (Å²) in [5.41, 5.74) is 3.36. The van der Waals surface area contributed by atoms with Crippen LogP contribution in [0.2, 0.25) is 0 Å². The lowest BCUT2D eigenvalue weighted by molar-refractivity contribution is 0.124. The quantitative estimate of drug-likeness (QED) is 0.579. The molecule has 0 spiro atoms. The van der Waals surface area contributed by atoms with Gasteiger partial charge in [-0.1, -0.05) is 12.1 Å². The molecule has 3 aromatic rings. The maximum absolute atomic E-state index is 6.04. The number of rotatable bonds is 6. The summed E-state index contributed by atoms with van der Waals surface area (Å²) in [7, 11) is 0. The molecule has 0 radical (unpaired) electrons. The van der Waals surface area contributed by atoms with Gasteiger partial charge in [-0.2, -0.15) is 11.3 Å². The van der Waals surface area contributed by atoms with Gasteiger partial charge in [0.25, 0.3) is 0 Å². The number of hydrogen-bond acceptors (Lipinski definition) is 5. The molecule has 2 aromatic heterocycles. The van der Waals surface area contributed by atoms with E-state index in [1.54, 1.807) is 11.3 Å². The highest BCUT2D eigenvalue weighted by atomic mass is 32.1. The van der Waals surface area contributed by atoms with Gasteiger partial charge in [0, 0.05) is 30.0 Å². The maximum Gasteiger partial charge on any atom is 0.227 e. The van der Waals surface area contributed by atoms with Crippen molar-refractivity contribution in [3.8, 4) is 17.2 Å². The summed E-state index contributed by atoms with van der Waals surface area (Å²) in [5.74, 6) is 3.19. The third kappa shape index (κ3) is 4.60. The Kier molecular flexibility index (Phi) is 5.60. The van der Waals surface area contributed by atoms with Crippen LogP contribution in [-0.4, -0.2) is 29.6 Å². The highest BCUT2D eigenvalue weighted by molar-refractivity contribution is 7.08. The normalized spacial score (nSPS) is 17.9. The summed E-state index contributed by atoms with van der Waals surface area (Å²) in [4.78, 5) is 7.22. The minimum Gasteiger partial charge on any atom is -0.493 e. The average Bonchev–Trinajstić information content (AvgIpc) is 3.31. The van der Waals surface area contributed by atoms with E-state index in [0.29, 0.717) is 5.92 Å². The van der Waals surface area contributed by atoms with Gasteiger partial charge in [0.2, 0.25) is 5.89 Å². The molecule has 0 N–H and O–H groups in total. The second-order valence-electron chi connectivity index (χ2n) is 7.40. The zero-order chi connectivity index (χ0) is 18.6. The molecule has 1 saturated heterocycles. The Morgan fingerprint density at radius 3 is 3.04 bits per heavy atom. The van der Waals surface area contributed by atoms with Crippen molar-refractivity contribution in [2.45, 2.75) is 33.2 Å². The Morgan fingerprint density at radius 1 is 1.30 bits per heavy atom. The minimum atomic E-state index is 0.558. The molecule has 1 atom stereocenters. The fraction of sp³-hybridized carbons (Fsp3) is 0.409. The molecular formula is C22H26N2O2S. The Hall–Kier alpha value is -2.11. The first-order chi connectivity index (χ1) is 13.2. The van der Waals surface area contributed by atoms with Crippen LogP contribution in [0.3, 0.4) is 0 Å². The fourth-order valence-corrected chi connectivity index (χ4v) is 4.28. The van der Waals surface area contributed by atoms with Gasteiger partial charge in [0.05, 0.1) is 12.3 Å². The number of oxazole rings is 1. The van der Waals surface area contributed by atoms with Gasteiger partial charge in [0.1, 0.15) is 11.5 Å². The summed E-state index contributed by atoms with van der Waals surface area (Å²) in [6, 6.07) is 10.3. The van der Waals surface area contributed by atoms with Crippen LogP contribution < -0.4 is 4.74 Å². The largest absolute Gasteiger partial charge is 0.493 e. The third-order valence-electron chi connectivity index (χ3n) is 5.11. The molecule has 0 amide bonds. The van der Waals surface area contributed by atoms with Crippen LogP contribution >= 0.6 is 11.3 Å². The molecule has 4 nitrogen and oxygen atoms in total. The number of thiophene rings is 1. The number of nitrogens with zero attached hydrogens (tertiary/aromatic N) is 2. The predicted octanol–water partition coefficient (Wildman–Crippen LogP) is 5.31. The van der Waals surface area contributed by atoms with Crippen molar-refractivity contribution in [3.63, 3.8) is 0 Å². The van der Waals surface area contributed by atoms with E-state index in [9.17, 15) is 0 Å². The first kappa shape index (κ1) is 18.3. The zero-order valence-corrected chi connectivity index (χ0v) is 16.8. The van der Waals surface area contributed by atoms with Crippen molar-refractivity contribution in [2.24, 2.45) is 5.92 Å². The molecular weight excluding hydrogens is 356 g/mol. The van der Waals surface area contributed by atoms with Crippen LogP contribution in [-0.2, 0) is 6.54 Å². The van der Waals surface area contributed by atoms with E-state index in [4.69, 9.17) is 14.1 Å². The van der Waals surface area contributed by atoms with Crippen molar-refractivity contribution in [2.75, 3.05) is 19.7 Å². The lowest BCUT2D eigenvalue weighted by Gasteiger charge is -2.32. The number of ether oxygens (including phenoxy) is 1. The van der Waals surface area contributed by atoms with Crippen LogP contribution in [0, 0.1) is 19.8 Å². The average molecular weight is 383 g/mol. The van der Waals surface area contributed by atoms with E-state index >= 15 is 0 Å². The van der Waals surface area contributed by atoms with Crippen molar-refractivity contribution in [3.05, 3.63) is 58.1 Å². The fourth-order valence-electron chi connectivity index (χ4n) is 3.65. The van der Waals surface area contributed by atoms with Gasteiger partial charge in [-0.05, 0) is 62.4 Å². The van der Waals surface area contributed by atoms with E-state index < -0.39 is 0 Å². The molecule has 5 heteroatoms. The Bertz CT molecular complexity index is 872. The van der Waals surface area contributed by atoms with E-state index in [1.807, 2.05) is 13.0 Å². The number of piperidine rings is 1. The van der Waals surface area contributed by atoms with Gasteiger partial charge in [0.15, 0.2) is 0 Å². The number of hydrogen-bond donors (Lipinski definition) is 0. The first-order valence-corrected chi connectivity index (χ1v) is 10.5. The molecule has 1 fully saturated rings. The van der Waals surface area contributed by atoms with Crippen LogP contribution in [0.5, 0.6) is 5.75 Å². The standard InChI is InChI=1S/C22H26N2O2S/c1-16-5-3-7-20(11-16)25-14-18-6-4-9-24(12-18)13-21-17(2)26-22(23-21)19-8-10-27-15-19/h3,5,7-8,10-11,15,18H,4,6,9,12-14H2,1-2H3/t18-/m1/s1. The van der Waals surface area contributed by atoms with Crippen molar-refractivity contribution >= 4 is 11.3 Å². The number of aryl methyl sites for hydroxylation is 2. The molecule has 1 aromatic carbocycles. The second kappa shape index (κ2) is 8.28. The van der Waals surface area contributed by atoms with Gasteiger partial charge >= 0.3 is 0 Å². The summed E-state index contributed by atoms with van der Waals surface area (Å²) < 4.78 is 11.9. The van der Waals surface area contributed by atoms with Crippen LogP contribution in [0.1, 0.15) is 29.9 Å². The summed E-state index contributed by atoms with van der Waals surface area (Å²) in [5, 5.41) is 4.13. The monoisotopic (exact) mass is 382 g/mol. The van der Waals surface area contributed by atoms with Gasteiger partial charge in [-0.25, -0.2) is 4.98 Å². The topological polar surface area (TPSA) is 38.5 Å². The lowest BCUT2D eigenvalue weighted by atomic mass is 9.99. The minimum absolute atomic E-state index is 0.558. The molecule has 0 saturated carbocycles. The highest BCUT2D eigenvalue weighted by Crippen LogP contribution is 2.26. The Labute approximate surface area is 164 Å². The highest BCUT2D eigenvalue weighted by Gasteiger charge is 2.23. The molecule has 0 bridgehead atoms. The predicted molar refractivity (Wildman–Crippen MR) is 109 cm³/mol. The SMILES string of the molecule is Cc1cccc(OC[C@@H]2CCCN(Cc3nc(-c4ccsc4)oc3C)C2)c1. The van der Waals surface area contributed by atoms with Crippen LogP contribution in [0.15, 0.2) is 45.5 Å². The molecule has 1 aliphatic heterocycles. The van der Waals surface area contributed by atoms with Gasteiger partial charge in [-0.3, -0.25) is 4.90 Å².